The lowest BCUT2D eigenvalue weighted by Gasteiger charge is -2.10. The summed E-state index contributed by atoms with van der Waals surface area (Å²) in [6, 6.07) is 18.1. The van der Waals surface area contributed by atoms with Gasteiger partial charge in [0.1, 0.15) is 17.1 Å². The highest BCUT2D eigenvalue weighted by Gasteiger charge is 2.12. The van der Waals surface area contributed by atoms with Crippen molar-refractivity contribution in [2.45, 2.75) is 6.92 Å². The van der Waals surface area contributed by atoms with Crippen molar-refractivity contribution in [3.63, 3.8) is 0 Å². The molecule has 0 aliphatic heterocycles. The third-order valence-electron chi connectivity index (χ3n) is 4.18. The summed E-state index contributed by atoms with van der Waals surface area (Å²) in [5.74, 6) is 0.737. The Kier molecular flexibility index (Phi) is 2.95. The first-order valence-corrected chi connectivity index (χ1v) is 7.40. The standard InChI is InChI=1S/C20H14O3/c1-12-16(21)10-9-13-5-4-7-15(20(12)13)19-11-17(22)14-6-2-3-8-18(14)23-19/h2-11,21H,1H3. The molecular weight excluding hydrogens is 288 g/mol. The molecule has 4 aromatic rings. The fourth-order valence-electron chi connectivity index (χ4n) is 2.99. The molecular formula is C20H14O3. The maximum absolute atomic E-state index is 12.4. The van der Waals surface area contributed by atoms with E-state index in [0.717, 1.165) is 21.9 Å². The summed E-state index contributed by atoms with van der Waals surface area (Å²) in [6.07, 6.45) is 0. The van der Waals surface area contributed by atoms with E-state index < -0.39 is 0 Å². The molecule has 0 aliphatic carbocycles. The summed E-state index contributed by atoms with van der Waals surface area (Å²) in [5.41, 5.74) is 2.06. The van der Waals surface area contributed by atoms with Gasteiger partial charge in [0.05, 0.1) is 5.39 Å². The van der Waals surface area contributed by atoms with E-state index in [1.807, 2.05) is 43.3 Å². The lowest BCUT2D eigenvalue weighted by atomic mass is 9.97. The zero-order chi connectivity index (χ0) is 16.0. The molecule has 3 nitrogen and oxygen atoms in total. The largest absolute Gasteiger partial charge is 0.508 e. The van der Waals surface area contributed by atoms with E-state index in [9.17, 15) is 9.90 Å². The van der Waals surface area contributed by atoms with Gasteiger partial charge in [0.25, 0.3) is 0 Å². The predicted octanol–water partition coefficient (Wildman–Crippen LogP) is 4.63. The van der Waals surface area contributed by atoms with E-state index in [4.69, 9.17) is 4.42 Å². The SMILES string of the molecule is Cc1c(O)ccc2cccc(-c3cc(=O)c4ccccc4o3)c12. The van der Waals surface area contributed by atoms with E-state index in [0.29, 0.717) is 16.7 Å². The van der Waals surface area contributed by atoms with E-state index in [1.165, 1.54) is 6.07 Å². The number of hydrogen-bond acceptors (Lipinski definition) is 3. The molecule has 0 aliphatic rings. The summed E-state index contributed by atoms with van der Waals surface area (Å²) in [4.78, 5) is 12.4. The maximum Gasteiger partial charge on any atom is 0.193 e. The molecule has 0 amide bonds. The van der Waals surface area contributed by atoms with E-state index >= 15 is 0 Å². The Morgan fingerprint density at radius 3 is 2.65 bits per heavy atom. The predicted molar refractivity (Wildman–Crippen MR) is 91.8 cm³/mol. The van der Waals surface area contributed by atoms with Gasteiger partial charge in [-0.1, -0.05) is 36.4 Å². The molecule has 1 N–H and O–H groups in total. The average Bonchev–Trinajstić information content (AvgIpc) is 2.58. The summed E-state index contributed by atoms with van der Waals surface area (Å²) >= 11 is 0. The van der Waals surface area contributed by atoms with Crippen LogP contribution in [0.25, 0.3) is 33.1 Å². The summed E-state index contributed by atoms with van der Waals surface area (Å²) < 4.78 is 5.95. The number of phenols is 1. The van der Waals surface area contributed by atoms with Gasteiger partial charge in [-0.05, 0) is 41.5 Å². The second-order valence-corrected chi connectivity index (χ2v) is 5.58. The van der Waals surface area contributed by atoms with Gasteiger partial charge in [0.15, 0.2) is 5.43 Å². The first-order chi connectivity index (χ1) is 11.1. The number of hydrogen-bond donors (Lipinski definition) is 1. The molecule has 0 saturated carbocycles. The van der Waals surface area contributed by atoms with Crippen molar-refractivity contribution in [3.05, 3.63) is 76.5 Å². The Morgan fingerprint density at radius 2 is 1.78 bits per heavy atom. The van der Waals surface area contributed by atoms with Crippen LogP contribution in [0.1, 0.15) is 5.56 Å². The van der Waals surface area contributed by atoms with E-state index in [1.54, 1.807) is 18.2 Å². The van der Waals surface area contributed by atoms with Crippen LogP contribution in [0.4, 0.5) is 0 Å². The number of aryl methyl sites for hydroxylation is 1. The van der Waals surface area contributed by atoms with E-state index in [-0.39, 0.29) is 11.2 Å². The van der Waals surface area contributed by atoms with Gasteiger partial charge in [0.2, 0.25) is 0 Å². The van der Waals surface area contributed by atoms with Gasteiger partial charge in [-0.25, -0.2) is 0 Å². The molecule has 112 valence electrons. The van der Waals surface area contributed by atoms with Crippen molar-refractivity contribution in [1.82, 2.24) is 0 Å². The quantitative estimate of drug-likeness (QED) is 0.558. The minimum atomic E-state index is -0.0725. The second kappa shape index (κ2) is 4.99. The Bertz CT molecular complexity index is 1110. The number of fused-ring (bicyclic) bond motifs is 2. The van der Waals surface area contributed by atoms with Crippen LogP contribution >= 0.6 is 0 Å². The van der Waals surface area contributed by atoms with Gasteiger partial charge >= 0.3 is 0 Å². The van der Waals surface area contributed by atoms with Gasteiger partial charge < -0.3 is 9.52 Å². The topological polar surface area (TPSA) is 50.4 Å². The molecule has 4 rings (SSSR count). The fraction of sp³-hybridized carbons (Fsp3) is 0.0500. The highest BCUT2D eigenvalue weighted by atomic mass is 16.3. The molecule has 0 bridgehead atoms. The second-order valence-electron chi connectivity index (χ2n) is 5.58. The Balaban J connectivity index is 2.11. The lowest BCUT2D eigenvalue weighted by Crippen LogP contribution is -2.00. The highest BCUT2D eigenvalue weighted by molar-refractivity contribution is 5.99. The van der Waals surface area contributed by atoms with Crippen molar-refractivity contribution in [2.75, 3.05) is 0 Å². The monoisotopic (exact) mass is 302 g/mol. The number of phenolic OH excluding ortho intramolecular Hbond substituents is 1. The lowest BCUT2D eigenvalue weighted by molar-refractivity contribution is 0.472. The summed E-state index contributed by atoms with van der Waals surface area (Å²) in [6.45, 7) is 1.86. The van der Waals surface area contributed by atoms with Crippen LogP contribution < -0.4 is 5.43 Å². The van der Waals surface area contributed by atoms with E-state index in [2.05, 4.69) is 0 Å². The van der Waals surface area contributed by atoms with Gasteiger partial charge in [-0.2, -0.15) is 0 Å². The Morgan fingerprint density at radius 1 is 0.957 bits per heavy atom. The first-order valence-electron chi connectivity index (χ1n) is 7.40. The fourth-order valence-corrected chi connectivity index (χ4v) is 2.99. The molecule has 0 saturated heterocycles. The van der Waals surface area contributed by atoms with Crippen LogP contribution in [0, 0.1) is 6.92 Å². The van der Waals surface area contributed by atoms with Crippen molar-refractivity contribution in [3.8, 4) is 17.1 Å². The number of aromatic hydroxyl groups is 1. The molecule has 1 heterocycles. The zero-order valence-corrected chi connectivity index (χ0v) is 12.5. The van der Waals surface area contributed by atoms with Crippen LogP contribution in [-0.2, 0) is 0 Å². The molecule has 3 heteroatoms. The summed E-state index contributed by atoms with van der Waals surface area (Å²) in [5, 5.41) is 12.5. The first kappa shape index (κ1) is 13.6. The number of rotatable bonds is 1. The normalized spacial score (nSPS) is 11.2. The van der Waals surface area contributed by atoms with Gasteiger partial charge in [-0.3, -0.25) is 4.79 Å². The minimum Gasteiger partial charge on any atom is -0.508 e. The molecule has 0 radical (unpaired) electrons. The minimum absolute atomic E-state index is 0.0725. The molecule has 0 spiro atoms. The highest BCUT2D eigenvalue weighted by Crippen LogP contribution is 2.35. The van der Waals surface area contributed by atoms with Crippen LogP contribution in [0.5, 0.6) is 5.75 Å². The molecule has 0 fully saturated rings. The van der Waals surface area contributed by atoms with Crippen molar-refractivity contribution >= 4 is 21.7 Å². The average molecular weight is 302 g/mol. The third kappa shape index (κ3) is 2.09. The van der Waals surface area contributed by atoms with Crippen LogP contribution in [0.2, 0.25) is 0 Å². The van der Waals surface area contributed by atoms with Crippen LogP contribution in [0.3, 0.4) is 0 Å². The Labute approximate surface area is 132 Å². The third-order valence-corrected chi connectivity index (χ3v) is 4.18. The smallest absolute Gasteiger partial charge is 0.193 e. The molecule has 3 aromatic carbocycles. The zero-order valence-electron chi connectivity index (χ0n) is 12.5. The van der Waals surface area contributed by atoms with Gasteiger partial charge in [-0.15, -0.1) is 0 Å². The Hall–Kier alpha value is -3.07. The molecule has 1 aromatic heterocycles. The van der Waals surface area contributed by atoms with Crippen molar-refractivity contribution in [2.24, 2.45) is 0 Å². The molecule has 0 unspecified atom stereocenters. The van der Waals surface area contributed by atoms with Crippen LogP contribution in [-0.4, -0.2) is 5.11 Å². The number of para-hydroxylation sites is 1. The maximum atomic E-state index is 12.4. The molecule has 23 heavy (non-hydrogen) atoms. The molecule has 0 atom stereocenters. The van der Waals surface area contributed by atoms with Crippen molar-refractivity contribution in [1.29, 1.82) is 0 Å². The van der Waals surface area contributed by atoms with Crippen LogP contribution in [0.15, 0.2) is 69.9 Å². The summed E-state index contributed by atoms with van der Waals surface area (Å²) in [7, 11) is 0. The van der Waals surface area contributed by atoms with Crippen molar-refractivity contribution < 1.29 is 9.52 Å². The van der Waals surface area contributed by atoms with Gasteiger partial charge in [0, 0.05) is 11.6 Å². The number of benzene rings is 3.